The van der Waals surface area contributed by atoms with E-state index < -0.39 is 17.5 Å². The summed E-state index contributed by atoms with van der Waals surface area (Å²) in [6, 6.07) is 8.07. The van der Waals surface area contributed by atoms with E-state index in [1.54, 1.807) is 30.5 Å². The zero-order chi connectivity index (χ0) is 15.0. The van der Waals surface area contributed by atoms with Crippen LogP contribution in [-0.2, 0) is 0 Å². The normalized spacial score (nSPS) is 10.8. The van der Waals surface area contributed by atoms with Crippen LogP contribution in [0.4, 0.5) is 30.2 Å². The first-order chi connectivity index (χ1) is 10.1. The summed E-state index contributed by atoms with van der Waals surface area (Å²) in [7, 11) is 0. The molecule has 0 spiro atoms. The van der Waals surface area contributed by atoms with Crippen LogP contribution in [0.2, 0.25) is 0 Å². The molecule has 106 valence electrons. The molecule has 3 rings (SSSR count). The molecule has 3 nitrogen and oxygen atoms in total. The van der Waals surface area contributed by atoms with Crippen LogP contribution < -0.4 is 11.1 Å². The van der Waals surface area contributed by atoms with E-state index in [1.165, 1.54) is 0 Å². The predicted octanol–water partition coefficient (Wildman–Crippen LogP) is 3.98. The van der Waals surface area contributed by atoms with Gasteiger partial charge in [-0.25, -0.2) is 13.2 Å². The highest BCUT2D eigenvalue weighted by Gasteiger charge is 2.13. The number of nitrogens with two attached hydrogens (primary N) is 1. The number of hydrogen-bond acceptors (Lipinski definition) is 3. The SMILES string of the molecule is Nc1c(Nc2cc(F)cc(F)c2F)ccc2ncccc12. The minimum atomic E-state index is -1.27. The lowest BCUT2D eigenvalue weighted by atomic mass is 10.1. The van der Waals surface area contributed by atoms with E-state index in [2.05, 4.69) is 10.3 Å². The number of hydrogen-bond donors (Lipinski definition) is 2. The highest BCUT2D eigenvalue weighted by atomic mass is 19.2. The average Bonchev–Trinajstić information content (AvgIpc) is 2.47. The minimum absolute atomic E-state index is 0.317. The zero-order valence-corrected chi connectivity index (χ0v) is 10.7. The first-order valence-electron chi connectivity index (χ1n) is 6.11. The minimum Gasteiger partial charge on any atom is -0.396 e. The van der Waals surface area contributed by atoms with Gasteiger partial charge in [-0.1, -0.05) is 0 Å². The maximum atomic E-state index is 13.7. The second-order valence-electron chi connectivity index (χ2n) is 4.47. The molecular weight excluding hydrogens is 279 g/mol. The summed E-state index contributed by atoms with van der Waals surface area (Å²) in [5.41, 5.74) is 7.01. The molecule has 21 heavy (non-hydrogen) atoms. The van der Waals surface area contributed by atoms with Crippen molar-refractivity contribution < 1.29 is 13.2 Å². The van der Waals surface area contributed by atoms with Gasteiger partial charge in [-0.2, -0.15) is 0 Å². The Bertz CT molecular complexity index is 834. The summed E-state index contributed by atoms with van der Waals surface area (Å²) in [5.74, 6) is -3.31. The van der Waals surface area contributed by atoms with Crippen molar-refractivity contribution in [2.75, 3.05) is 11.1 Å². The summed E-state index contributed by atoms with van der Waals surface area (Å²) in [4.78, 5) is 4.13. The Morgan fingerprint density at radius 3 is 2.62 bits per heavy atom. The first-order valence-corrected chi connectivity index (χ1v) is 6.11. The Kier molecular flexibility index (Phi) is 3.13. The number of anilines is 3. The van der Waals surface area contributed by atoms with Gasteiger partial charge >= 0.3 is 0 Å². The van der Waals surface area contributed by atoms with E-state index in [9.17, 15) is 13.2 Å². The maximum absolute atomic E-state index is 13.7. The molecule has 0 aliphatic heterocycles. The number of rotatable bonds is 2. The second-order valence-corrected chi connectivity index (χ2v) is 4.47. The van der Waals surface area contributed by atoms with Crippen LogP contribution in [-0.4, -0.2) is 4.98 Å². The molecule has 0 aliphatic carbocycles. The summed E-state index contributed by atoms with van der Waals surface area (Å²) in [5, 5.41) is 3.27. The van der Waals surface area contributed by atoms with Crippen molar-refractivity contribution in [2.45, 2.75) is 0 Å². The van der Waals surface area contributed by atoms with Crippen LogP contribution in [0.5, 0.6) is 0 Å². The molecule has 6 heteroatoms. The molecule has 3 aromatic rings. The molecule has 0 unspecified atom stereocenters. The van der Waals surface area contributed by atoms with E-state index >= 15 is 0 Å². The standard InChI is InChI=1S/C15H10F3N3/c16-8-6-10(17)14(18)13(7-8)21-12-4-3-11-9(15(12)19)2-1-5-20-11/h1-7,21H,19H2. The van der Waals surface area contributed by atoms with E-state index in [-0.39, 0.29) is 5.69 Å². The molecule has 0 saturated carbocycles. The molecular formula is C15H10F3N3. The number of benzene rings is 2. The fraction of sp³-hybridized carbons (Fsp3) is 0. The summed E-state index contributed by atoms with van der Waals surface area (Å²) in [6.45, 7) is 0. The van der Waals surface area contributed by atoms with Gasteiger partial charge in [0.15, 0.2) is 11.6 Å². The van der Waals surface area contributed by atoms with E-state index in [4.69, 9.17) is 5.73 Å². The molecule has 3 N–H and O–H groups in total. The maximum Gasteiger partial charge on any atom is 0.182 e. The van der Waals surface area contributed by atoms with Gasteiger partial charge in [-0.15, -0.1) is 0 Å². The third kappa shape index (κ3) is 2.35. The van der Waals surface area contributed by atoms with Gasteiger partial charge in [0.25, 0.3) is 0 Å². The predicted molar refractivity (Wildman–Crippen MR) is 75.8 cm³/mol. The lowest BCUT2D eigenvalue weighted by Gasteiger charge is -2.12. The Labute approximate surface area is 118 Å². The van der Waals surface area contributed by atoms with Crippen molar-refractivity contribution in [1.29, 1.82) is 0 Å². The second kappa shape index (κ2) is 4.97. The van der Waals surface area contributed by atoms with Gasteiger partial charge in [0, 0.05) is 23.7 Å². The van der Waals surface area contributed by atoms with E-state index in [0.717, 1.165) is 6.07 Å². The van der Waals surface area contributed by atoms with Gasteiger partial charge in [-0.3, -0.25) is 4.98 Å². The molecule has 0 bridgehead atoms. The van der Waals surface area contributed by atoms with Crippen molar-refractivity contribution in [2.24, 2.45) is 0 Å². The number of fused-ring (bicyclic) bond motifs is 1. The van der Waals surface area contributed by atoms with Gasteiger partial charge in [0.2, 0.25) is 0 Å². The number of halogens is 3. The zero-order valence-electron chi connectivity index (χ0n) is 10.7. The van der Waals surface area contributed by atoms with Crippen molar-refractivity contribution in [3.63, 3.8) is 0 Å². The smallest absolute Gasteiger partial charge is 0.182 e. The fourth-order valence-electron chi connectivity index (χ4n) is 2.08. The van der Waals surface area contributed by atoms with Gasteiger partial charge in [0.05, 0.1) is 22.6 Å². The van der Waals surface area contributed by atoms with E-state index in [1.807, 2.05) is 0 Å². The van der Waals surface area contributed by atoms with Crippen LogP contribution in [0.25, 0.3) is 10.9 Å². The molecule has 0 amide bonds. The summed E-state index contributed by atoms with van der Waals surface area (Å²) >= 11 is 0. The van der Waals surface area contributed by atoms with Crippen molar-refractivity contribution in [3.05, 3.63) is 60.0 Å². The van der Waals surface area contributed by atoms with Crippen LogP contribution >= 0.6 is 0 Å². The van der Waals surface area contributed by atoms with Crippen molar-refractivity contribution in [1.82, 2.24) is 4.98 Å². The lowest BCUT2D eigenvalue weighted by Crippen LogP contribution is -2.01. The Morgan fingerprint density at radius 2 is 1.81 bits per heavy atom. The van der Waals surface area contributed by atoms with Crippen LogP contribution in [0.15, 0.2) is 42.6 Å². The third-order valence-corrected chi connectivity index (χ3v) is 3.09. The lowest BCUT2D eigenvalue weighted by molar-refractivity contribution is 0.498. The van der Waals surface area contributed by atoms with Gasteiger partial charge in [-0.05, 0) is 24.3 Å². The molecule has 2 aromatic carbocycles. The monoisotopic (exact) mass is 289 g/mol. The fourth-order valence-corrected chi connectivity index (χ4v) is 2.08. The molecule has 0 radical (unpaired) electrons. The average molecular weight is 289 g/mol. The van der Waals surface area contributed by atoms with Crippen molar-refractivity contribution >= 4 is 28.0 Å². The molecule has 1 heterocycles. The number of nitrogens with zero attached hydrogens (tertiary/aromatic N) is 1. The summed E-state index contributed by atoms with van der Waals surface area (Å²) < 4.78 is 40.0. The molecule has 0 aliphatic rings. The Morgan fingerprint density at radius 1 is 1.00 bits per heavy atom. The highest BCUT2D eigenvalue weighted by molar-refractivity contribution is 5.97. The number of nitrogens with one attached hydrogen (secondary N) is 1. The van der Waals surface area contributed by atoms with Crippen LogP contribution in [0.3, 0.4) is 0 Å². The first kappa shape index (κ1) is 13.2. The molecule has 0 fully saturated rings. The number of aromatic nitrogens is 1. The quantitative estimate of drug-likeness (QED) is 0.554. The van der Waals surface area contributed by atoms with Crippen LogP contribution in [0.1, 0.15) is 0 Å². The van der Waals surface area contributed by atoms with Crippen molar-refractivity contribution in [3.8, 4) is 0 Å². The van der Waals surface area contributed by atoms with Gasteiger partial charge in [0.1, 0.15) is 5.82 Å². The largest absolute Gasteiger partial charge is 0.396 e. The third-order valence-electron chi connectivity index (χ3n) is 3.09. The van der Waals surface area contributed by atoms with Gasteiger partial charge < -0.3 is 11.1 Å². The summed E-state index contributed by atoms with van der Waals surface area (Å²) in [6.07, 6.45) is 1.62. The number of pyridine rings is 1. The molecule has 0 atom stereocenters. The molecule has 1 aromatic heterocycles. The Hall–Kier alpha value is -2.76. The highest BCUT2D eigenvalue weighted by Crippen LogP contribution is 2.31. The topological polar surface area (TPSA) is 50.9 Å². The van der Waals surface area contributed by atoms with E-state index in [0.29, 0.717) is 28.3 Å². The van der Waals surface area contributed by atoms with Crippen LogP contribution in [0, 0.1) is 17.5 Å². The number of nitrogen functional groups attached to an aromatic ring is 1. The molecule has 0 saturated heterocycles. The Balaban J connectivity index is 2.08.